The quantitative estimate of drug-likeness (QED) is 0.783. The van der Waals surface area contributed by atoms with Crippen LogP contribution in [0.4, 0.5) is 29.3 Å². The van der Waals surface area contributed by atoms with Crippen molar-refractivity contribution in [3.63, 3.8) is 0 Å². The standard InChI is InChI=1S/C16H20F3N5O/c1-23(2)12-4-5-14(13(10-12)16(17,18)19)22-15(25)21-6-3-8-24-9-7-20-11-24/h4-5,7,9-11H,3,6,8H2,1-2H3,(H2,21,22,25). The Morgan fingerprint density at radius 3 is 2.68 bits per heavy atom. The summed E-state index contributed by atoms with van der Waals surface area (Å²) in [7, 11) is 3.30. The molecule has 0 spiro atoms. The van der Waals surface area contributed by atoms with E-state index in [2.05, 4.69) is 15.6 Å². The van der Waals surface area contributed by atoms with Gasteiger partial charge in [-0.1, -0.05) is 0 Å². The van der Waals surface area contributed by atoms with E-state index in [0.29, 0.717) is 25.2 Å². The Hall–Kier alpha value is -2.71. The van der Waals surface area contributed by atoms with Crippen LogP contribution in [0.15, 0.2) is 36.9 Å². The molecule has 0 atom stereocenters. The van der Waals surface area contributed by atoms with Gasteiger partial charge in [-0.15, -0.1) is 0 Å². The average Bonchev–Trinajstić information content (AvgIpc) is 3.04. The minimum Gasteiger partial charge on any atom is -0.378 e. The zero-order valence-corrected chi connectivity index (χ0v) is 14.0. The summed E-state index contributed by atoms with van der Waals surface area (Å²) in [6.45, 7) is 0.993. The number of benzene rings is 1. The highest BCUT2D eigenvalue weighted by Crippen LogP contribution is 2.37. The Bertz CT molecular complexity index is 698. The molecule has 1 heterocycles. The van der Waals surface area contributed by atoms with Crippen LogP contribution in [0.1, 0.15) is 12.0 Å². The maximum Gasteiger partial charge on any atom is 0.418 e. The number of nitrogens with one attached hydrogen (secondary N) is 2. The molecule has 0 aliphatic heterocycles. The van der Waals surface area contributed by atoms with Crippen molar-refractivity contribution in [3.05, 3.63) is 42.5 Å². The number of alkyl halides is 3. The number of aryl methyl sites for hydroxylation is 1. The number of hydrogen-bond acceptors (Lipinski definition) is 3. The van der Waals surface area contributed by atoms with E-state index in [0.717, 1.165) is 6.07 Å². The van der Waals surface area contributed by atoms with Crippen molar-refractivity contribution in [1.82, 2.24) is 14.9 Å². The third kappa shape index (κ3) is 5.40. The number of carbonyl (C=O) groups is 1. The van der Waals surface area contributed by atoms with E-state index < -0.39 is 17.8 Å². The summed E-state index contributed by atoms with van der Waals surface area (Å²) in [6, 6.07) is 3.11. The number of imidazole rings is 1. The van der Waals surface area contributed by atoms with Gasteiger partial charge < -0.3 is 20.1 Å². The Morgan fingerprint density at radius 2 is 2.08 bits per heavy atom. The van der Waals surface area contributed by atoms with E-state index in [9.17, 15) is 18.0 Å². The molecule has 2 aromatic rings. The van der Waals surface area contributed by atoms with Crippen molar-refractivity contribution in [3.8, 4) is 0 Å². The van der Waals surface area contributed by atoms with Crippen LogP contribution < -0.4 is 15.5 Å². The molecule has 0 aliphatic rings. The van der Waals surface area contributed by atoms with E-state index in [-0.39, 0.29) is 5.69 Å². The molecule has 9 heteroatoms. The van der Waals surface area contributed by atoms with Crippen LogP contribution in [0.3, 0.4) is 0 Å². The van der Waals surface area contributed by atoms with Gasteiger partial charge in [-0.3, -0.25) is 0 Å². The zero-order chi connectivity index (χ0) is 18.4. The lowest BCUT2D eigenvalue weighted by Crippen LogP contribution is -2.31. The van der Waals surface area contributed by atoms with E-state index >= 15 is 0 Å². The molecule has 0 saturated carbocycles. The number of amides is 2. The fourth-order valence-electron chi connectivity index (χ4n) is 2.20. The Kier molecular flexibility index (Phi) is 5.89. The van der Waals surface area contributed by atoms with Crippen molar-refractivity contribution >= 4 is 17.4 Å². The molecule has 1 aromatic carbocycles. The van der Waals surface area contributed by atoms with Crippen LogP contribution in [-0.4, -0.2) is 36.2 Å². The largest absolute Gasteiger partial charge is 0.418 e. The molecule has 6 nitrogen and oxygen atoms in total. The fourth-order valence-corrected chi connectivity index (χ4v) is 2.20. The first-order chi connectivity index (χ1) is 11.8. The molecule has 0 bridgehead atoms. The molecule has 2 amide bonds. The third-order valence-electron chi connectivity index (χ3n) is 3.51. The number of halogens is 3. The van der Waals surface area contributed by atoms with E-state index in [4.69, 9.17) is 0 Å². The van der Waals surface area contributed by atoms with Gasteiger partial charge in [0.15, 0.2) is 0 Å². The molecule has 2 N–H and O–H groups in total. The first-order valence-corrected chi connectivity index (χ1v) is 7.66. The summed E-state index contributed by atoms with van der Waals surface area (Å²) in [5, 5.41) is 4.82. The van der Waals surface area contributed by atoms with E-state index in [1.807, 2.05) is 4.57 Å². The number of carbonyl (C=O) groups excluding carboxylic acids is 1. The zero-order valence-electron chi connectivity index (χ0n) is 14.0. The van der Waals surface area contributed by atoms with Gasteiger partial charge in [-0.2, -0.15) is 13.2 Å². The average molecular weight is 355 g/mol. The molecule has 0 fully saturated rings. The summed E-state index contributed by atoms with van der Waals surface area (Å²) in [6.07, 6.45) is 1.17. The molecule has 1 aromatic heterocycles. The lowest BCUT2D eigenvalue weighted by Gasteiger charge is -2.19. The van der Waals surface area contributed by atoms with Crippen LogP contribution in [-0.2, 0) is 12.7 Å². The van der Waals surface area contributed by atoms with Gasteiger partial charge in [0.1, 0.15) is 0 Å². The van der Waals surface area contributed by atoms with Crippen LogP contribution in [0, 0.1) is 0 Å². The molecular formula is C16H20F3N5O. The SMILES string of the molecule is CN(C)c1ccc(NC(=O)NCCCn2ccnc2)c(C(F)(F)F)c1. The predicted octanol–water partition coefficient (Wildman–Crippen LogP) is 3.18. The topological polar surface area (TPSA) is 62.2 Å². The van der Waals surface area contributed by atoms with Crippen LogP contribution >= 0.6 is 0 Å². The predicted molar refractivity (Wildman–Crippen MR) is 89.6 cm³/mol. The Balaban J connectivity index is 1.95. The second-order valence-corrected chi connectivity index (χ2v) is 5.66. The summed E-state index contributed by atoms with van der Waals surface area (Å²) >= 11 is 0. The van der Waals surface area contributed by atoms with Crippen LogP contribution in [0.5, 0.6) is 0 Å². The summed E-state index contributed by atoms with van der Waals surface area (Å²) in [4.78, 5) is 17.3. The molecule has 0 saturated heterocycles. The number of anilines is 2. The second-order valence-electron chi connectivity index (χ2n) is 5.66. The third-order valence-corrected chi connectivity index (χ3v) is 3.51. The van der Waals surface area contributed by atoms with E-state index in [1.54, 1.807) is 37.7 Å². The molecule has 2 rings (SSSR count). The minimum atomic E-state index is -4.56. The van der Waals surface area contributed by atoms with Gasteiger partial charge in [-0.25, -0.2) is 9.78 Å². The van der Waals surface area contributed by atoms with Gasteiger partial charge in [0.05, 0.1) is 17.6 Å². The molecule has 0 radical (unpaired) electrons. The van der Waals surface area contributed by atoms with Gasteiger partial charge in [0, 0.05) is 45.3 Å². The van der Waals surface area contributed by atoms with Crippen molar-refractivity contribution in [1.29, 1.82) is 0 Å². The number of aromatic nitrogens is 2. The number of nitrogens with zero attached hydrogens (tertiary/aromatic N) is 3. The smallest absolute Gasteiger partial charge is 0.378 e. The molecule has 136 valence electrons. The van der Waals surface area contributed by atoms with Crippen LogP contribution in [0.25, 0.3) is 0 Å². The van der Waals surface area contributed by atoms with Crippen LogP contribution in [0.2, 0.25) is 0 Å². The van der Waals surface area contributed by atoms with Gasteiger partial charge in [-0.05, 0) is 24.6 Å². The molecule has 25 heavy (non-hydrogen) atoms. The van der Waals surface area contributed by atoms with Gasteiger partial charge >= 0.3 is 12.2 Å². The first kappa shape index (κ1) is 18.6. The maximum absolute atomic E-state index is 13.2. The lowest BCUT2D eigenvalue weighted by atomic mass is 10.1. The minimum absolute atomic E-state index is 0.273. The normalized spacial score (nSPS) is 11.2. The van der Waals surface area contributed by atoms with Crippen molar-refractivity contribution < 1.29 is 18.0 Å². The summed E-state index contributed by atoms with van der Waals surface area (Å²) in [5.41, 5.74) is -0.754. The van der Waals surface area contributed by atoms with Crippen molar-refractivity contribution in [2.75, 3.05) is 30.9 Å². The Morgan fingerprint density at radius 1 is 1.32 bits per heavy atom. The highest BCUT2D eigenvalue weighted by atomic mass is 19.4. The summed E-state index contributed by atoms with van der Waals surface area (Å²) < 4.78 is 41.5. The molecule has 0 unspecified atom stereocenters. The number of rotatable bonds is 6. The Labute approximate surface area is 143 Å². The second kappa shape index (κ2) is 7.91. The summed E-state index contributed by atoms with van der Waals surface area (Å²) in [5.74, 6) is 0. The highest BCUT2D eigenvalue weighted by molar-refractivity contribution is 5.90. The van der Waals surface area contributed by atoms with Crippen molar-refractivity contribution in [2.24, 2.45) is 0 Å². The lowest BCUT2D eigenvalue weighted by molar-refractivity contribution is -0.136. The monoisotopic (exact) mass is 355 g/mol. The fraction of sp³-hybridized carbons (Fsp3) is 0.375. The van der Waals surface area contributed by atoms with Crippen molar-refractivity contribution in [2.45, 2.75) is 19.1 Å². The van der Waals surface area contributed by atoms with E-state index in [1.165, 1.54) is 12.1 Å². The molecular weight excluding hydrogens is 335 g/mol. The maximum atomic E-state index is 13.2. The highest BCUT2D eigenvalue weighted by Gasteiger charge is 2.34. The number of hydrogen-bond donors (Lipinski definition) is 2. The van der Waals surface area contributed by atoms with Gasteiger partial charge in [0.25, 0.3) is 0 Å². The number of urea groups is 1. The molecule has 0 aliphatic carbocycles. The van der Waals surface area contributed by atoms with Gasteiger partial charge in [0.2, 0.25) is 0 Å². The first-order valence-electron chi connectivity index (χ1n) is 7.66.